The van der Waals surface area contributed by atoms with Crippen LogP contribution in [0.1, 0.15) is 56.7 Å². The van der Waals surface area contributed by atoms with E-state index in [1.54, 1.807) is 0 Å². The maximum Gasteiger partial charge on any atom is 0.315 e. The molecule has 24 heavy (non-hydrogen) atoms. The van der Waals surface area contributed by atoms with Crippen molar-refractivity contribution in [3.05, 3.63) is 17.5 Å². The van der Waals surface area contributed by atoms with Crippen molar-refractivity contribution in [2.24, 2.45) is 5.41 Å². The van der Waals surface area contributed by atoms with Gasteiger partial charge in [-0.2, -0.15) is 5.10 Å². The Hall–Kier alpha value is -1.56. The molecule has 3 N–H and O–H groups in total. The molecular formula is C18H28N4O2. The molecule has 4 rings (SSSR count). The highest BCUT2D eigenvalue weighted by Gasteiger charge is 2.57. The van der Waals surface area contributed by atoms with Gasteiger partial charge in [-0.05, 0) is 51.0 Å². The number of amides is 2. The van der Waals surface area contributed by atoms with Crippen LogP contribution < -0.4 is 10.6 Å². The van der Waals surface area contributed by atoms with Crippen LogP contribution in [0.4, 0.5) is 4.79 Å². The van der Waals surface area contributed by atoms with Crippen molar-refractivity contribution in [3.8, 4) is 0 Å². The Morgan fingerprint density at radius 1 is 1.42 bits per heavy atom. The van der Waals surface area contributed by atoms with Gasteiger partial charge in [-0.25, -0.2) is 4.79 Å². The van der Waals surface area contributed by atoms with Crippen LogP contribution in [0.5, 0.6) is 0 Å². The standard InChI is InChI=1S/C18H28N4O2/c1-2-24-16-10-15(18(16)7-3-4-8-18)21-17(23)20-13-5-6-14-12(9-13)11-19-22-14/h11,13,15-16H,2-10H2,1H3,(H,19,22)(H2,20,21,23)/t13-,15+,16+/m0/s1. The predicted octanol–water partition coefficient (Wildman–Crippen LogP) is 2.30. The van der Waals surface area contributed by atoms with E-state index in [9.17, 15) is 4.79 Å². The number of carbonyl (C=O) groups is 1. The minimum atomic E-state index is -0.0156. The van der Waals surface area contributed by atoms with Crippen molar-refractivity contribution in [1.82, 2.24) is 20.8 Å². The molecule has 0 aromatic carbocycles. The molecule has 132 valence electrons. The second-order valence-corrected chi connectivity index (χ2v) is 7.60. The molecule has 0 saturated heterocycles. The van der Waals surface area contributed by atoms with E-state index in [1.165, 1.54) is 36.9 Å². The quantitative estimate of drug-likeness (QED) is 0.791. The molecule has 2 fully saturated rings. The Bertz CT molecular complexity index is 594. The first-order valence-electron chi connectivity index (χ1n) is 9.41. The number of aromatic amines is 1. The van der Waals surface area contributed by atoms with E-state index in [0.717, 1.165) is 32.3 Å². The maximum absolute atomic E-state index is 12.5. The van der Waals surface area contributed by atoms with E-state index < -0.39 is 0 Å². The summed E-state index contributed by atoms with van der Waals surface area (Å²) in [7, 11) is 0. The lowest BCUT2D eigenvalue weighted by Gasteiger charge is -2.54. The van der Waals surface area contributed by atoms with Crippen molar-refractivity contribution >= 4 is 6.03 Å². The van der Waals surface area contributed by atoms with Gasteiger partial charge < -0.3 is 15.4 Å². The molecule has 0 bridgehead atoms. The highest BCUT2D eigenvalue weighted by Crippen LogP contribution is 2.54. The van der Waals surface area contributed by atoms with Crippen LogP contribution in [0.2, 0.25) is 0 Å². The van der Waals surface area contributed by atoms with Gasteiger partial charge in [-0.1, -0.05) is 12.8 Å². The number of carbonyl (C=O) groups excluding carboxylic acids is 1. The van der Waals surface area contributed by atoms with Gasteiger partial charge in [0.1, 0.15) is 0 Å². The highest BCUT2D eigenvalue weighted by atomic mass is 16.5. The van der Waals surface area contributed by atoms with Crippen molar-refractivity contribution in [1.29, 1.82) is 0 Å². The monoisotopic (exact) mass is 332 g/mol. The summed E-state index contributed by atoms with van der Waals surface area (Å²) in [6, 6.07) is 0.459. The molecule has 3 aliphatic rings. The number of urea groups is 1. The zero-order chi connectivity index (χ0) is 16.6. The first-order valence-corrected chi connectivity index (χ1v) is 9.41. The van der Waals surface area contributed by atoms with Gasteiger partial charge in [0, 0.05) is 29.8 Å². The minimum absolute atomic E-state index is 0.0156. The van der Waals surface area contributed by atoms with Crippen LogP contribution in [-0.2, 0) is 17.6 Å². The van der Waals surface area contributed by atoms with E-state index in [0.29, 0.717) is 6.10 Å². The summed E-state index contributed by atoms with van der Waals surface area (Å²) in [5.74, 6) is 0. The third-order valence-electron chi connectivity index (χ3n) is 6.34. The molecular weight excluding hydrogens is 304 g/mol. The number of ether oxygens (including phenoxy) is 1. The SMILES string of the molecule is CCO[C@@H]1C[C@@H](NC(=O)N[C@H]2CCc3[nH]ncc3C2)C12CCCC2. The molecule has 1 aromatic rings. The van der Waals surface area contributed by atoms with Gasteiger partial charge in [0.05, 0.1) is 12.3 Å². The molecule has 0 unspecified atom stereocenters. The third kappa shape index (κ3) is 2.70. The molecule has 6 heteroatoms. The fourth-order valence-corrected chi connectivity index (χ4v) is 5.01. The number of H-pyrrole nitrogens is 1. The van der Waals surface area contributed by atoms with Gasteiger partial charge in [-0.3, -0.25) is 5.10 Å². The summed E-state index contributed by atoms with van der Waals surface area (Å²) in [6.45, 7) is 2.82. The van der Waals surface area contributed by atoms with Crippen molar-refractivity contribution in [3.63, 3.8) is 0 Å². The molecule has 1 heterocycles. The Morgan fingerprint density at radius 2 is 2.25 bits per heavy atom. The average molecular weight is 332 g/mol. The summed E-state index contributed by atoms with van der Waals surface area (Å²) in [5, 5.41) is 13.6. The largest absolute Gasteiger partial charge is 0.378 e. The van der Waals surface area contributed by atoms with Crippen LogP contribution >= 0.6 is 0 Å². The Morgan fingerprint density at radius 3 is 3.04 bits per heavy atom. The lowest BCUT2D eigenvalue weighted by atomic mass is 9.60. The number of rotatable bonds is 4. The van der Waals surface area contributed by atoms with E-state index in [4.69, 9.17) is 4.74 Å². The third-order valence-corrected chi connectivity index (χ3v) is 6.34. The van der Waals surface area contributed by atoms with E-state index in [-0.39, 0.29) is 23.5 Å². The normalized spacial score (nSPS) is 30.6. The molecule has 1 aromatic heterocycles. The highest BCUT2D eigenvalue weighted by molar-refractivity contribution is 5.75. The van der Waals surface area contributed by atoms with Gasteiger partial charge in [0.2, 0.25) is 0 Å². The topological polar surface area (TPSA) is 79.0 Å². The number of nitrogens with one attached hydrogen (secondary N) is 3. The average Bonchev–Trinajstić information content (AvgIpc) is 3.24. The zero-order valence-corrected chi connectivity index (χ0v) is 14.4. The van der Waals surface area contributed by atoms with E-state index in [1.807, 2.05) is 6.20 Å². The van der Waals surface area contributed by atoms with Crippen LogP contribution in [0.15, 0.2) is 6.20 Å². The number of nitrogens with zero attached hydrogens (tertiary/aromatic N) is 1. The van der Waals surface area contributed by atoms with Gasteiger partial charge >= 0.3 is 6.03 Å². The Labute approximate surface area is 143 Å². The van der Waals surface area contributed by atoms with Crippen molar-refractivity contribution in [2.75, 3.05) is 6.61 Å². The second kappa shape index (κ2) is 6.39. The number of aromatic nitrogens is 2. The first kappa shape index (κ1) is 15.9. The van der Waals surface area contributed by atoms with Crippen molar-refractivity contribution in [2.45, 2.75) is 76.5 Å². The smallest absolute Gasteiger partial charge is 0.315 e. The second-order valence-electron chi connectivity index (χ2n) is 7.60. The molecule has 3 aliphatic carbocycles. The lowest BCUT2D eigenvalue weighted by molar-refractivity contribution is -0.126. The van der Waals surface area contributed by atoms with Crippen LogP contribution in [-0.4, -0.2) is 41.0 Å². The zero-order valence-electron chi connectivity index (χ0n) is 14.4. The molecule has 0 aliphatic heterocycles. The number of hydrogen-bond donors (Lipinski definition) is 3. The summed E-state index contributed by atoms with van der Waals surface area (Å²) >= 11 is 0. The Balaban J connectivity index is 1.32. The summed E-state index contributed by atoms with van der Waals surface area (Å²) < 4.78 is 5.93. The lowest BCUT2D eigenvalue weighted by Crippen LogP contribution is -2.65. The fourth-order valence-electron chi connectivity index (χ4n) is 5.01. The van der Waals surface area contributed by atoms with Gasteiger partial charge in [0.25, 0.3) is 0 Å². The molecule has 1 spiro atoms. The van der Waals surface area contributed by atoms with E-state index >= 15 is 0 Å². The van der Waals surface area contributed by atoms with Gasteiger partial charge in [-0.15, -0.1) is 0 Å². The molecule has 2 amide bonds. The summed E-state index contributed by atoms with van der Waals surface area (Å²) in [5.41, 5.74) is 2.65. The first-order chi connectivity index (χ1) is 11.7. The van der Waals surface area contributed by atoms with E-state index in [2.05, 4.69) is 27.8 Å². The van der Waals surface area contributed by atoms with Crippen LogP contribution in [0.25, 0.3) is 0 Å². The summed E-state index contributed by atoms with van der Waals surface area (Å²) in [4.78, 5) is 12.5. The van der Waals surface area contributed by atoms with Crippen molar-refractivity contribution < 1.29 is 9.53 Å². The fraction of sp³-hybridized carbons (Fsp3) is 0.778. The molecule has 0 radical (unpaired) electrons. The predicted molar refractivity (Wildman–Crippen MR) is 90.8 cm³/mol. The maximum atomic E-state index is 12.5. The molecule has 2 saturated carbocycles. The number of hydrogen-bond acceptors (Lipinski definition) is 3. The van der Waals surface area contributed by atoms with Crippen LogP contribution in [0, 0.1) is 5.41 Å². The molecule has 6 nitrogen and oxygen atoms in total. The summed E-state index contributed by atoms with van der Waals surface area (Å²) in [6.07, 6.45) is 10.9. The number of aryl methyl sites for hydroxylation is 1. The Kier molecular flexibility index (Phi) is 4.24. The van der Waals surface area contributed by atoms with Gasteiger partial charge in [0.15, 0.2) is 0 Å². The molecule has 3 atom stereocenters. The number of fused-ring (bicyclic) bond motifs is 1. The van der Waals surface area contributed by atoms with Crippen LogP contribution in [0.3, 0.4) is 0 Å². The minimum Gasteiger partial charge on any atom is -0.378 e.